The van der Waals surface area contributed by atoms with Crippen LogP contribution in [0.25, 0.3) is 0 Å². The number of esters is 1. The van der Waals surface area contributed by atoms with Gasteiger partial charge < -0.3 is 20.5 Å². The van der Waals surface area contributed by atoms with Gasteiger partial charge in [-0.3, -0.25) is 0 Å². The number of anilines is 1. The van der Waals surface area contributed by atoms with Crippen molar-refractivity contribution in [2.45, 2.75) is 33.4 Å². The van der Waals surface area contributed by atoms with Gasteiger partial charge in [0.25, 0.3) is 0 Å². The summed E-state index contributed by atoms with van der Waals surface area (Å²) in [6.07, 6.45) is -0.689. The number of alkyl carbamates (subject to hydrolysis) is 1. The number of ether oxygens (including phenoxy) is 2. The van der Waals surface area contributed by atoms with Crippen molar-refractivity contribution in [3.63, 3.8) is 0 Å². The number of hydrogen-bond acceptors (Lipinski definition) is 5. The highest BCUT2D eigenvalue weighted by Crippen LogP contribution is 2.15. The highest BCUT2D eigenvalue weighted by Gasteiger charge is 2.12. The Bertz CT molecular complexity index is 486. The third-order valence-electron chi connectivity index (χ3n) is 2.39. The lowest BCUT2D eigenvalue weighted by Gasteiger charge is -2.11. The highest BCUT2D eigenvalue weighted by atomic mass is 16.6. The first-order valence-corrected chi connectivity index (χ1v) is 6.44. The molecule has 0 spiro atoms. The normalized spacial score (nSPS) is 10.2. The zero-order valence-electron chi connectivity index (χ0n) is 11.9. The number of nitrogen functional groups attached to an aromatic ring is 1. The lowest BCUT2D eigenvalue weighted by atomic mass is 10.1. The summed E-state index contributed by atoms with van der Waals surface area (Å²) in [7, 11) is 0. The van der Waals surface area contributed by atoms with E-state index in [1.165, 1.54) is 0 Å². The van der Waals surface area contributed by atoms with Crippen LogP contribution in [0.5, 0.6) is 0 Å². The van der Waals surface area contributed by atoms with E-state index in [1.54, 1.807) is 39.0 Å². The molecular weight excluding hydrogens is 260 g/mol. The van der Waals surface area contributed by atoms with Crippen molar-refractivity contribution in [2.75, 3.05) is 12.3 Å². The maximum absolute atomic E-state index is 11.7. The molecule has 0 saturated heterocycles. The van der Waals surface area contributed by atoms with Crippen LogP contribution in [0, 0.1) is 0 Å². The van der Waals surface area contributed by atoms with Crippen LogP contribution in [0.2, 0.25) is 0 Å². The van der Waals surface area contributed by atoms with Gasteiger partial charge in [-0.25, -0.2) is 9.59 Å². The highest BCUT2D eigenvalue weighted by molar-refractivity contribution is 5.95. The summed E-state index contributed by atoms with van der Waals surface area (Å²) < 4.78 is 9.86. The molecule has 20 heavy (non-hydrogen) atoms. The fourth-order valence-corrected chi connectivity index (χ4v) is 1.53. The zero-order chi connectivity index (χ0) is 15.1. The third kappa shape index (κ3) is 4.79. The average Bonchev–Trinajstić information content (AvgIpc) is 2.37. The summed E-state index contributed by atoms with van der Waals surface area (Å²) >= 11 is 0. The van der Waals surface area contributed by atoms with Crippen molar-refractivity contribution in [1.29, 1.82) is 0 Å². The van der Waals surface area contributed by atoms with E-state index >= 15 is 0 Å². The van der Waals surface area contributed by atoms with Crippen LogP contribution in [0.15, 0.2) is 18.2 Å². The predicted octanol–water partition coefficient (Wildman–Crippen LogP) is 2.08. The first kappa shape index (κ1) is 15.8. The van der Waals surface area contributed by atoms with Crippen LogP contribution in [0.3, 0.4) is 0 Å². The number of nitrogens with two attached hydrogens (primary N) is 1. The molecule has 0 saturated carbocycles. The molecule has 0 atom stereocenters. The van der Waals surface area contributed by atoms with E-state index in [2.05, 4.69) is 5.32 Å². The van der Waals surface area contributed by atoms with E-state index in [0.717, 1.165) is 5.56 Å². The summed E-state index contributed by atoms with van der Waals surface area (Å²) in [4.78, 5) is 23.1. The number of nitrogens with one attached hydrogen (secondary N) is 1. The minimum atomic E-state index is -0.505. The van der Waals surface area contributed by atoms with Gasteiger partial charge in [0.2, 0.25) is 0 Å². The van der Waals surface area contributed by atoms with Crippen molar-refractivity contribution in [3.05, 3.63) is 29.3 Å². The Hall–Kier alpha value is -2.24. The van der Waals surface area contributed by atoms with E-state index in [0.29, 0.717) is 11.3 Å². The molecule has 6 nitrogen and oxygen atoms in total. The summed E-state index contributed by atoms with van der Waals surface area (Å²) in [5, 5.41) is 2.59. The zero-order valence-corrected chi connectivity index (χ0v) is 11.9. The minimum Gasteiger partial charge on any atom is -0.462 e. The SMILES string of the molecule is CCOC(=O)c1cc(CNC(=O)OC(C)C)ccc1N. The molecule has 1 rings (SSSR count). The quantitative estimate of drug-likeness (QED) is 0.636. The molecule has 0 fully saturated rings. The second-order valence-corrected chi connectivity index (χ2v) is 4.45. The lowest BCUT2D eigenvalue weighted by Crippen LogP contribution is -2.26. The number of amides is 1. The molecule has 0 aliphatic carbocycles. The van der Waals surface area contributed by atoms with Crippen molar-refractivity contribution in [3.8, 4) is 0 Å². The number of rotatable bonds is 5. The molecule has 0 aliphatic heterocycles. The van der Waals surface area contributed by atoms with Gasteiger partial charge >= 0.3 is 12.1 Å². The van der Waals surface area contributed by atoms with Gasteiger partial charge in [0, 0.05) is 12.2 Å². The van der Waals surface area contributed by atoms with Gasteiger partial charge in [-0.1, -0.05) is 6.07 Å². The maximum Gasteiger partial charge on any atom is 0.407 e. The maximum atomic E-state index is 11.7. The Morgan fingerprint density at radius 3 is 2.65 bits per heavy atom. The molecule has 110 valence electrons. The second kappa shape index (κ2) is 7.37. The Morgan fingerprint density at radius 1 is 1.35 bits per heavy atom. The largest absolute Gasteiger partial charge is 0.462 e. The van der Waals surface area contributed by atoms with Crippen LogP contribution >= 0.6 is 0 Å². The van der Waals surface area contributed by atoms with E-state index in [9.17, 15) is 9.59 Å². The number of carbonyl (C=O) groups excluding carboxylic acids is 2. The van der Waals surface area contributed by atoms with Crippen molar-refractivity contribution in [1.82, 2.24) is 5.32 Å². The van der Waals surface area contributed by atoms with E-state index in [1.807, 2.05) is 0 Å². The number of benzene rings is 1. The first-order valence-electron chi connectivity index (χ1n) is 6.44. The van der Waals surface area contributed by atoms with Crippen molar-refractivity contribution in [2.24, 2.45) is 0 Å². The van der Waals surface area contributed by atoms with Gasteiger partial charge in [0.15, 0.2) is 0 Å². The minimum absolute atomic E-state index is 0.184. The molecule has 1 aromatic carbocycles. The summed E-state index contributed by atoms with van der Waals surface area (Å²) in [5.41, 5.74) is 7.11. The van der Waals surface area contributed by atoms with Crippen LogP contribution < -0.4 is 11.1 Å². The van der Waals surface area contributed by atoms with Crippen LogP contribution in [-0.2, 0) is 16.0 Å². The topological polar surface area (TPSA) is 90.6 Å². The van der Waals surface area contributed by atoms with E-state index in [4.69, 9.17) is 15.2 Å². The lowest BCUT2D eigenvalue weighted by molar-refractivity contribution is 0.0527. The van der Waals surface area contributed by atoms with Gasteiger partial charge in [-0.05, 0) is 38.5 Å². The third-order valence-corrected chi connectivity index (χ3v) is 2.39. The molecule has 1 amide bonds. The average molecular weight is 280 g/mol. The molecular formula is C14H20N2O4. The van der Waals surface area contributed by atoms with Gasteiger partial charge in [0.05, 0.1) is 18.3 Å². The standard InChI is InChI=1S/C14H20N2O4/c1-4-19-13(17)11-7-10(5-6-12(11)15)8-16-14(18)20-9(2)3/h5-7,9H,4,8,15H2,1-3H3,(H,16,18). The second-order valence-electron chi connectivity index (χ2n) is 4.45. The van der Waals surface area contributed by atoms with Crippen molar-refractivity contribution >= 4 is 17.7 Å². The van der Waals surface area contributed by atoms with E-state index < -0.39 is 12.1 Å². The van der Waals surface area contributed by atoms with Crippen LogP contribution in [-0.4, -0.2) is 24.8 Å². The number of carbonyl (C=O) groups is 2. The molecule has 0 aliphatic rings. The number of hydrogen-bond donors (Lipinski definition) is 2. The Kier molecular flexibility index (Phi) is 5.83. The summed E-state index contributed by atoms with van der Waals surface area (Å²) in [6, 6.07) is 4.94. The van der Waals surface area contributed by atoms with Gasteiger partial charge in [-0.2, -0.15) is 0 Å². The van der Waals surface area contributed by atoms with Gasteiger partial charge in [0.1, 0.15) is 0 Å². The Balaban J connectivity index is 2.70. The molecule has 0 radical (unpaired) electrons. The van der Waals surface area contributed by atoms with Crippen molar-refractivity contribution < 1.29 is 19.1 Å². The molecule has 1 aromatic rings. The molecule has 6 heteroatoms. The molecule has 0 heterocycles. The molecule has 0 aromatic heterocycles. The molecule has 3 N–H and O–H groups in total. The first-order chi connectivity index (χ1) is 9.43. The Labute approximate surface area is 118 Å². The predicted molar refractivity (Wildman–Crippen MR) is 75.3 cm³/mol. The summed E-state index contributed by atoms with van der Waals surface area (Å²) in [5.74, 6) is -0.475. The summed E-state index contributed by atoms with van der Waals surface area (Å²) in [6.45, 7) is 5.78. The fourth-order valence-electron chi connectivity index (χ4n) is 1.53. The smallest absolute Gasteiger partial charge is 0.407 e. The van der Waals surface area contributed by atoms with Crippen LogP contribution in [0.1, 0.15) is 36.7 Å². The molecule has 0 bridgehead atoms. The monoisotopic (exact) mass is 280 g/mol. The Morgan fingerprint density at radius 2 is 2.05 bits per heavy atom. The fraction of sp³-hybridized carbons (Fsp3) is 0.429. The van der Waals surface area contributed by atoms with E-state index in [-0.39, 0.29) is 19.3 Å². The molecule has 0 unspecified atom stereocenters. The van der Waals surface area contributed by atoms with Crippen LogP contribution in [0.4, 0.5) is 10.5 Å². The van der Waals surface area contributed by atoms with Gasteiger partial charge in [-0.15, -0.1) is 0 Å².